The Hall–Kier alpha value is -1.80. The van der Waals surface area contributed by atoms with Crippen LogP contribution in [0.4, 0.5) is 26.3 Å². The lowest BCUT2D eigenvalue weighted by Crippen LogP contribution is -2.56. The molecule has 0 unspecified atom stereocenters. The standard InChI is InChI=1S/C12H12F6O3/c1-3-8(19)5-6-10(13,14)12(17,18)11(15,16)7-21-9(20)4-2/h3-4H,1-2,5-7H2. The van der Waals surface area contributed by atoms with Crippen LogP contribution in [0.15, 0.2) is 25.3 Å². The van der Waals surface area contributed by atoms with Crippen molar-refractivity contribution < 1.29 is 40.7 Å². The summed E-state index contributed by atoms with van der Waals surface area (Å²) in [5.74, 6) is -18.7. The zero-order chi connectivity index (χ0) is 16.9. The minimum Gasteiger partial charge on any atom is -0.456 e. The van der Waals surface area contributed by atoms with E-state index < -0.39 is 49.0 Å². The van der Waals surface area contributed by atoms with Gasteiger partial charge in [-0.05, 0) is 6.08 Å². The molecule has 21 heavy (non-hydrogen) atoms. The summed E-state index contributed by atoms with van der Waals surface area (Å²) >= 11 is 0. The van der Waals surface area contributed by atoms with Gasteiger partial charge in [0.25, 0.3) is 0 Å². The number of ketones is 1. The number of hydrogen-bond donors (Lipinski definition) is 0. The molecule has 0 bridgehead atoms. The van der Waals surface area contributed by atoms with Gasteiger partial charge in [-0.25, -0.2) is 4.79 Å². The number of carbonyl (C=O) groups excluding carboxylic acids is 2. The maximum atomic E-state index is 13.2. The molecule has 0 rings (SSSR count). The van der Waals surface area contributed by atoms with Crippen LogP contribution in [0.1, 0.15) is 12.8 Å². The third-order valence-electron chi connectivity index (χ3n) is 2.39. The van der Waals surface area contributed by atoms with Crippen molar-refractivity contribution in [3.63, 3.8) is 0 Å². The minimum atomic E-state index is -5.80. The lowest BCUT2D eigenvalue weighted by molar-refractivity contribution is -0.318. The lowest BCUT2D eigenvalue weighted by atomic mass is 9.99. The molecular formula is C12H12F6O3. The van der Waals surface area contributed by atoms with Crippen LogP contribution in [0.3, 0.4) is 0 Å². The summed E-state index contributed by atoms with van der Waals surface area (Å²) in [6.07, 6.45) is -1.85. The predicted molar refractivity (Wildman–Crippen MR) is 60.4 cm³/mol. The number of halogens is 6. The van der Waals surface area contributed by atoms with Gasteiger partial charge in [0, 0.05) is 18.9 Å². The Morgan fingerprint density at radius 3 is 1.90 bits per heavy atom. The summed E-state index contributed by atoms with van der Waals surface area (Å²) in [5, 5.41) is 0. The monoisotopic (exact) mass is 318 g/mol. The summed E-state index contributed by atoms with van der Waals surface area (Å²) in [6, 6.07) is 0. The SMILES string of the molecule is C=CC(=O)CCC(F)(F)C(F)(F)C(F)(F)COC(=O)C=C. The molecule has 0 atom stereocenters. The number of alkyl halides is 6. The molecule has 0 amide bonds. The highest BCUT2D eigenvalue weighted by atomic mass is 19.3. The summed E-state index contributed by atoms with van der Waals surface area (Å²) < 4.78 is 82.9. The molecule has 0 saturated heterocycles. The number of esters is 1. The van der Waals surface area contributed by atoms with E-state index in [4.69, 9.17) is 0 Å². The molecule has 0 aliphatic carbocycles. The van der Waals surface area contributed by atoms with E-state index in [1.54, 1.807) is 0 Å². The van der Waals surface area contributed by atoms with Gasteiger partial charge in [0.2, 0.25) is 0 Å². The molecule has 9 heteroatoms. The second-order valence-electron chi connectivity index (χ2n) is 3.97. The van der Waals surface area contributed by atoms with Gasteiger partial charge in [0.05, 0.1) is 0 Å². The molecule has 0 fully saturated rings. The predicted octanol–water partition coefficient (Wildman–Crippen LogP) is 3.16. The maximum absolute atomic E-state index is 13.2. The van der Waals surface area contributed by atoms with Crippen molar-refractivity contribution in [1.29, 1.82) is 0 Å². The number of carbonyl (C=O) groups is 2. The van der Waals surface area contributed by atoms with Gasteiger partial charge in [0.1, 0.15) is 0 Å². The second kappa shape index (κ2) is 6.77. The smallest absolute Gasteiger partial charge is 0.375 e. The van der Waals surface area contributed by atoms with Gasteiger partial charge in [-0.3, -0.25) is 4.79 Å². The van der Waals surface area contributed by atoms with Crippen LogP contribution in [0.5, 0.6) is 0 Å². The van der Waals surface area contributed by atoms with Crippen molar-refractivity contribution >= 4 is 11.8 Å². The van der Waals surface area contributed by atoms with Gasteiger partial charge >= 0.3 is 23.7 Å². The van der Waals surface area contributed by atoms with E-state index in [-0.39, 0.29) is 0 Å². The van der Waals surface area contributed by atoms with Gasteiger partial charge in [-0.1, -0.05) is 13.2 Å². The normalized spacial score (nSPS) is 12.7. The van der Waals surface area contributed by atoms with E-state index in [9.17, 15) is 35.9 Å². The average Bonchev–Trinajstić information content (AvgIpc) is 2.41. The lowest BCUT2D eigenvalue weighted by Gasteiger charge is -2.32. The highest BCUT2D eigenvalue weighted by molar-refractivity contribution is 5.89. The maximum Gasteiger partial charge on any atom is 0.375 e. The van der Waals surface area contributed by atoms with E-state index in [1.807, 2.05) is 0 Å². The third kappa shape index (κ3) is 4.61. The number of rotatable bonds is 9. The molecule has 0 aliphatic rings. The fourth-order valence-corrected chi connectivity index (χ4v) is 1.12. The van der Waals surface area contributed by atoms with Crippen molar-refractivity contribution in [2.45, 2.75) is 30.6 Å². The molecule has 0 aromatic heterocycles. The highest BCUT2D eigenvalue weighted by Gasteiger charge is 2.71. The summed E-state index contributed by atoms with van der Waals surface area (Å²) in [5.41, 5.74) is 0. The van der Waals surface area contributed by atoms with Crippen LogP contribution >= 0.6 is 0 Å². The topological polar surface area (TPSA) is 43.4 Å². The first-order valence-corrected chi connectivity index (χ1v) is 5.49. The van der Waals surface area contributed by atoms with Crippen LogP contribution in [0.2, 0.25) is 0 Å². The fourth-order valence-electron chi connectivity index (χ4n) is 1.12. The molecule has 0 radical (unpaired) electrons. The van der Waals surface area contributed by atoms with Crippen molar-refractivity contribution in [1.82, 2.24) is 0 Å². The first-order valence-electron chi connectivity index (χ1n) is 5.49. The van der Waals surface area contributed by atoms with Gasteiger partial charge in [0.15, 0.2) is 12.4 Å². The molecule has 0 aliphatic heterocycles. The van der Waals surface area contributed by atoms with Crippen molar-refractivity contribution in [3.05, 3.63) is 25.3 Å². The Bertz CT molecular complexity index is 393. The number of ether oxygens (including phenoxy) is 1. The van der Waals surface area contributed by atoms with E-state index in [0.717, 1.165) is 0 Å². The van der Waals surface area contributed by atoms with Crippen LogP contribution in [-0.4, -0.2) is 36.1 Å². The fraction of sp³-hybridized carbons (Fsp3) is 0.500. The number of hydrogen-bond acceptors (Lipinski definition) is 3. The molecule has 0 saturated carbocycles. The van der Waals surface area contributed by atoms with E-state index in [1.165, 1.54) is 0 Å². The average molecular weight is 318 g/mol. The molecule has 0 heterocycles. The first-order chi connectivity index (χ1) is 9.41. The molecule has 0 aromatic rings. The van der Waals surface area contributed by atoms with Gasteiger partial charge in [-0.15, -0.1) is 0 Å². The van der Waals surface area contributed by atoms with E-state index >= 15 is 0 Å². The zero-order valence-electron chi connectivity index (χ0n) is 10.7. The molecule has 120 valence electrons. The molecule has 0 spiro atoms. The van der Waals surface area contributed by atoms with Gasteiger partial charge in [-0.2, -0.15) is 26.3 Å². The van der Waals surface area contributed by atoms with E-state index in [0.29, 0.717) is 12.2 Å². The summed E-state index contributed by atoms with van der Waals surface area (Å²) in [4.78, 5) is 21.3. The van der Waals surface area contributed by atoms with Crippen LogP contribution in [-0.2, 0) is 14.3 Å². The van der Waals surface area contributed by atoms with E-state index in [2.05, 4.69) is 17.9 Å². The largest absolute Gasteiger partial charge is 0.456 e. The Morgan fingerprint density at radius 2 is 1.48 bits per heavy atom. The minimum absolute atomic E-state index is 0.412. The summed E-state index contributed by atoms with van der Waals surface area (Å²) in [7, 11) is 0. The van der Waals surface area contributed by atoms with Gasteiger partial charge < -0.3 is 4.74 Å². The Labute approximate surface area is 116 Å². The molecule has 3 nitrogen and oxygen atoms in total. The second-order valence-corrected chi connectivity index (χ2v) is 3.97. The van der Waals surface area contributed by atoms with Crippen LogP contribution in [0.25, 0.3) is 0 Å². The van der Waals surface area contributed by atoms with Crippen molar-refractivity contribution in [2.75, 3.05) is 6.61 Å². The van der Waals surface area contributed by atoms with Crippen molar-refractivity contribution in [2.24, 2.45) is 0 Å². The van der Waals surface area contributed by atoms with Crippen LogP contribution in [0, 0.1) is 0 Å². The number of allylic oxidation sites excluding steroid dienone is 1. The summed E-state index contributed by atoms with van der Waals surface area (Å²) in [6.45, 7) is 3.52. The third-order valence-corrected chi connectivity index (χ3v) is 2.39. The molecule has 0 aromatic carbocycles. The molecule has 0 N–H and O–H groups in total. The Morgan fingerprint density at radius 1 is 0.952 bits per heavy atom. The first kappa shape index (κ1) is 19.2. The Balaban J connectivity index is 5.03. The van der Waals surface area contributed by atoms with Crippen LogP contribution < -0.4 is 0 Å². The van der Waals surface area contributed by atoms with Crippen molar-refractivity contribution in [3.8, 4) is 0 Å². The Kier molecular flexibility index (Phi) is 6.19. The highest BCUT2D eigenvalue weighted by Crippen LogP contribution is 2.47. The molecular weight excluding hydrogens is 306 g/mol. The quantitative estimate of drug-likeness (QED) is 0.373. The zero-order valence-corrected chi connectivity index (χ0v) is 10.7.